The van der Waals surface area contributed by atoms with E-state index in [0.29, 0.717) is 36.8 Å². The summed E-state index contributed by atoms with van der Waals surface area (Å²) in [5.41, 5.74) is -0.658. The van der Waals surface area contributed by atoms with Crippen LogP contribution in [-0.4, -0.2) is 55.9 Å². The number of hydrogen-bond acceptors (Lipinski definition) is 6. The number of H-pyrrole nitrogens is 1. The normalized spacial score (nSPS) is 15.6. The van der Waals surface area contributed by atoms with Gasteiger partial charge in [0, 0.05) is 19.3 Å². The van der Waals surface area contributed by atoms with Crippen LogP contribution in [0.3, 0.4) is 0 Å². The van der Waals surface area contributed by atoms with Gasteiger partial charge in [0.25, 0.3) is 5.91 Å². The molecule has 0 bridgehead atoms. The first-order valence-corrected chi connectivity index (χ1v) is 11.2. The highest BCUT2D eigenvalue weighted by atomic mass is 19.4. The SMILES string of the molecule is C=CC(=O)N1CCCC(C(=O)Nc2cnc(NC(=O)c3cccc(-c4ccn[nH]4)n3)c(C(F)(F)F)c2)C1. The Morgan fingerprint density at radius 3 is 2.70 bits per heavy atom. The van der Waals surface area contributed by atoms with Crippen molar-refractivity contribution in [3.63, 3.8) is 0 Å². The molecule has 4 rings (SSSR count). The number of nitrogens with one attached hydrogen (secondary N) is 3. The van der Waals surface area contributed by atoms with Crippen LogP contribution in [0.2, 0.25) is 0 Å². The molecular weight excluding hydrogens is 491 g/mol. The number of carbonyl (C=O) groups is 3. The van der Waals surface area contributed by atoms with E-state index in [4.69, 9.17) is 0 Å². The third-order valence-electron chi connectivity index (χ3n) is 5.73. The highest BCUT2D eigenvalue weighted by Gasteiger charge is 2.36. The Bertz CT molecular complexity index is 1330. The van der Waals surface area contributed by atoms with Gasteiger partial charge in [0.15, 0.2) is 0 Å². The van der Waals surface area contributed by atoms with E-state index in [1.807, 2.05) is 0 Å². The molecule has 1 aliphatic heterocycles. The van der Waals surface area contributed by atoms with Crippen molar-refractivity contribution in [1.29, 1.82) is 0 Å². The van der Waals surface area contributed by atoms with Crippen LogP contribution in [0.25, 0.3) is 11.4 Å². The van der Waals surface area contributed by atoms with Crippen LogP contribution >= 0.6 is 0 Å². The molecule has 1 aliphatic rings. The molecule has 3 aromatic rings. The fourth-order valence-corrected chi connectivity index (χ4v) is 3.89. The summed E-state index contributed by atoms with van der Waals surface area (Å²) < 4.78 is 41.5. The summed E-state index contributed by atoms with van der Waals surface area (Å²) in [5, 5.41) is 11.1. The largest absolute Gasteiger partial charge is 0.420 e. The van der Waals surface area contributed by atoms with E-state index in [0.717, 1.165) is 12.3 Å². The predicted octanol–water partition coefficient (Wildman–Crippen LogP) is 3.50. The standard InChI is InChI=1S/C24H22F3N7O3/c1-2-20(35)34-10-4-5-14(13-34)22(36)30-15-11-16(24(25,26)27)21(28-12-15)32-23(37)19-7-3-6-17(31-19)18-8-9-29-33-18/h2-3,6-9,11-12,14H,1,4-5,10,13H2,(H,29,33)(H,30,36)(H,28,32,37). The van der Waals surface area contributed by atoms with Crippen molar-refractivity contribution >= 4 is 29.2 Å². The second kappa shape index (κ2) is 10.6. The van der Waals surface area contributed by atoms with Crippen molar-refractivity contribution < 1.29 is 27.6 Å². The van der Waals surface area contributed by atoms with Crippen molar-refractivity contribution in [2.45, 2.75) is 19.0 Å². The number of halogens is 3. The Morgan fingerprint density at radius 2 is 2.00 bits per heavy atom. The molecule has 10 nitrogen and oxygen atoms in total. The van der Waals surface area contributed by atoms with Gasteiger partial charge in [-0.05, 0) is 43.2 Å². The molecule has 3 amide bonds. The lowest BCUT2D eigenvalue weighted by Gasteiger charge is -2.31. The number of aromatic amines is 1. The Kier molecular flexibility index (Phi) is 7.32. The van der Waals surface area contributed by atoms with Gasteiger partial charge in [-0.2, -0.15) is 18.3 Å². The Morgan fingerprint density at radius 1 is 1.19 bits per heavy atom. The number of pyridine rings is 2. The molecule has 4 heterocycles. The van der Waals surface area contributed by atoms with Crippen molar-refractivity contribution in [2.24, 2.45) is 5.92 Å². The molecule has 3 aromatic heterocycles. The van der Waals surface area contributed by atoms with E-state index in [9.17, 15) is 27.6 Å². The zero-order chi connectivity index (χ0) is 26.6. The third-order valence-corrected chi connectivity index (χ3v) is 5.73. The minimum Gasteiger partial charge on any atom is -0.338 e. The highest BCUT2D eigenvalue weighted by Crippen LogP contribution is 2.35. The zero-order valence-corrected chi connectivity index (χ0v) is 19.4. The van der Waals surface area contributed by atoms with E-state index in [1.54, 1.807) is 12.1 Å². The molecule has 0 aromatic carbocycles. The first kappa shape index (κ1) is 25.5. The Hall–Kier alpha value is -4.55. The number of alkyl halides is 3. The van der Waals surface area contributed by atoms with Crippen LogP contribution < -0.4 is 10.6 Å². The number of anilines is 2. The second-order valence-electron chi connectivity index (χ2n) is 8.27. The number of piperidine rings is 1. The molecule has 0 spiro atoms. The molecule has 13 heteroatoms. The lowest BCUT2D eigenvalue weighted by molar-refractivity contribution is -0.137. The van der Waals surface area contributed by atoms with E-state index in [2.05, 4.69) is 37.4 Å². The summed E-state index contributed by atoms with van der Waals surface area (Å²) in [6, 6.07) is 6.82. The zero-order valence-electron chi connectivity index (χ0n) is 19.4. The van der Waals surface area contributed by atoms with Gasteiger partial charge in [0.05, 0.1) is 29.2 Å². The van der Waals surface area contributed by atoms with Gasteiger partial charge in [-0.25, -0.2) is 9.97 Å². The number of carbonyl (C=O) groups excluding carboxylic acids is 3. The smallest absolute Gasteiger partial charge is 0.338 e. The summed E-state index contributed by atoms with van der Waals surface area (Å²) >= 11 is 0. The summed E-state index contributed by atoms with van der Waals surface area (Å²) in [7, 11) is 0. The first-order valence-electron chi connectivity index (χ1n) is 11.2. The van der Waals surface area contributed by atoms with Crippen LogP contribution in [0.1, 0.15) is 28.9 Å². The van der Waals surface area contributed by atoms with Crippen molar-refractivity contribution in [1.82, 2.24) is 25.1 Å². The van der Waals surface area contributed by atoms with E-state index in [-0.39, 0.29) is 23.8 Å². The molecule has 0 radical (unpaired) electrons. The van der Waals surface area contributed by atoms with Crippen LogP contribution in [0, 0.1) is 5.92 Å². The summed E-state index contributed by atoms with van der Waals surface area (Å²) in [4.78, 5) is 46.6. The minimum absolute atomic E-state index is 0.129. The van der Waals surface area contributed by atoms with Crippen molar-refractivity contribution in [2.75, 3.05) is 23.7 Å². The summed E-state index contributed by atoms with van der Waals surface area (Å²) in [6.45, 7) is 4.03. The topological polar surface area (TPSA) is 133 Å². The third kappa shape index (κ3) is 6.00. The van der Waals surface area contributed by atoms with Gasteiger partial charge >= 0.3 is 6.18 Å². The minimum atomic E-state index is -4.88. The van der Waals surface area contributed by atoms with Crippen molar-refractivity contribution in [3.05, 3.63) is 66.6 Å². The van der Waals surface area contributed by atoms with E-state index >= 15 is 0 Å². The van der Waals surface area contributed by atoms with Gasteiger partial charge in [-0.3, -0.25) is 19.5 Å². The Balaban J connectivity index is 1.51. The molecule has 1 unspecified atom stereocenters. The lowest BCUT2D eigenvalue weighted by atomic mass is 9.97. The fraction of sp³-hybridized carbons (Fsp3) is 0.250. The van der Waals surface area contributed by atoms with E-state index in [1.165, 1.54) is 23.2 Å². The summed E-state index contributed by atoms with van der Waals surface area (Å²) in [6.07, 6.45) is -0.160. The molecule has 37 heavy (non-hydrogen) atoms. The predicted molar refractivity (Wildman–Crippen MR) is 127 cm³/mol. The summed E-state index contributed by atoms with van der Waals surface area (Å²) in [5.74, 6) is -3.08. The van der Waals surface area contributed by atoms with Crippen LogP contribution in [-0.2, 0) is 15.8 Å². The van der Waals surface area contributed by atoms with Crippen LogP contribution in [0.5, 0.6) is 0 Å². The first-order chi connectivity index (χ1) is 17.7. The average Bonchev–Trinajstić information content (AvgIpc) is 3.44. The maximum Gasteiger partial charge on any atom is 0.420 e. The second-order valence-corrected chi connectivity index (χ2v) is 8.27. The van der Waals surface area contributed by atoms with E-state index < -0.39 is 35.3 Å². The number of hydrogen-bond donors (Lipinski definition) is 3. The monoisotopic (exact) mass is 513 g/mol. The number of aromatic nitrogens is 4. The average molecular weight is 513 g/mol. The van der Waals surface area contributed by atoms with Gasteiger partial charge in [-0.1, -0.05) is 12.6 Å². The number of nitrogens with zero attached hydrogens (tertiary/aromatic N) is 4. The van der Waals surface area contributed by atoms with Gasteiger partial charge < -0.3 is 15.5 Å². The lowest BCUT2D eigenvalue weighted by Crippen LogP contribution is -2.43. The number of amides is 3. The molecule has 1 saturated heterocycles. The van der Waals surface area contributed by atoms with Crippen LogP contribution in [0.15, 0.2) is 55.4 Å². The molecule has 1 fully saturated rings. The molecular formula is C24H22F3N7O3. The maximum atomic E-state index is 13.8. The van der Waals surface area contributed by atoms with Gasteiger partial charge in [0.2, 0.25) is 11.8 Å². The number of rotatable bonds is 6. The molecule has 0 aliphatic carbocycles. The van der Waals surface area contributed by atoms with Gasteiger partial charge in [0.1, 0.15) is 17.1 Å². The maximum absolute atomic E-state index is 13.8. The van der Waals surface area contributed by atoms with Crippen LogP contribution in [0.4, 0.5) is 24.7 Å². The molecule has 192 valence electrons. The molecule has 1 atom stereocenters. The Labute approximate surface area is 209 Å². The number of likely N-dealkylation sites (tertiary alicyclic amines) is 1. The molecule has 0 saturated carbocycles. The quantitative estimate of drug-likeness (QED) is 0.432. The van der Waals surface area contributed by atoms with Gasteiger partial charge in [-0.15, -0.1) is 0 Å². The highest BCUT2D eigenvalue weighted by molar-refractivity contribution is 6.03. The fourth-order valence-electron chi connectivity index (χ4n) is 3.89. The van der Waals surface area contributed by atoms with Crippen molar-refractivity contribution in [3.8, 4) is 11.4 Å². The molecule has 3 N–H and O–H groups in total.